The van der Waals surface area contributed by atoms with Crippen LogP contribution in [0.1, 0.15) is 39.0 Å². The third-order valence-electron chi connectivity index (χ3n) is 4.74. The highest BCUT2D eigenvalue weighted by atomic mass is 15.3. The van der Waals surface area contributed by atoms with E-state index in [1.165, 1.54) is 57.5 Å². The van der Waals surface area contributed by atoms with Gasteiger partial charge in [0.25, 0.3) is 0 Å². The van der Waals surface area contributed by atoms with Crippen LogP contribution in [0.4, 0.5) is 11.5 Å². The SMILES string of the molecule is CCCNc1cc(N2CCC(N3CCCCC3)C2)ccn1. The number of pyridine rings is 1. The van der Waals surface area contributed by atoms with E-state index in [9.17, 15) is 0 Å². The van der Waals surface area contributed by atoms with Crippen LogP contribution in [0, 0.1) is 0 Å². The summed E-state index contributed by atoms with van der Waals surface area (Å²) in [5, 5.41) is 3.38. The molecule has 0 saturated carbocycles. The Morgan fingerprint density at radius 3 is 2.90 bits per heavy atom. The molecule has 0 radical (unpaired) electrons. The summed E-state index contributed by atoms with van der Waals surface area (Å²) in [7, 11) is 0. The van der Waals surface area contributed by atoms with Crippen LogP contribution in [0.3, 0.4) is 0 Å². The van der Waals surface area contributed by atoms with Crippen molar-refractivity contribution in [2.24, 2.45) is 0 Å². The second kappa shape index (κ2) is 7.12. The lowest BCUT2D eigenvalue weighted by Crippen LogP contribution is -2.40. The molecule has 0 aromatic carbocycles. The van der Waals surface area contributed by atoms with E-state index in [1.54, 1.807) is 0 Å². The van der Waals surface area contributed by atoms with E-state index in [1.807, 2.05) is 6.20 Å². The zero-order chi connectivity index (χ0) is 14.5. The van der Waals surface area contributed by atoms with E-state index in [-0.39, 0.29) is 0 Å². The summed E-state index contributed by atoms with van der Waals surface area (Å²) < 4.78 is 0. The second-order valence-electron chi connectivity index (χ2n) is 6.31. The highest BCUT2D eigenvalue weighted by Gasteiger charge is 2.28. The van der Waals surface area contributed by atoms with Crippen LogP contribution in [-0.4, -0.2) is 48.6 Å². The summed E-state index contributed by atoms with van der Waals surface area (Å²) in [5.74, 6) is 1.01. The summed E-state index contributed by atoms with van der Waals surface area (Å²) >= 11 is 0. The van der Waals surface area contributed by atoms with Gasteiger partial charge in [-0.25, -0.2) is 4.98 Å². The Balaban J connectivity index is 1.60. The van der Waals surface area contributed by atoms with Crippen LogP contribution in [-0.2, 0) is 0 Å². The molecule has 0 spiro atoms. The van der Waals surface area contributed by atoms with Crippen molar-refractivity contribution in [1.29, 1.82) is 0 Å². The van der Waals surface area contributed by atoms with Crippen molar-refractivity contribution in [1.82, 2.24) is 9.88 Å². The molecule has 2 aliphatic rings. The number of hydrogen-bond donors (Lipinski definition) is 1. The zero-order valence-corrected chi connectivity index (χ0v) is 13.2. The lowest BCUT2D eigenvalue weighted by molar-refractivity contribution is 0.175. The maximum absolute atomic E-state index is 4.41. The van der Waals surface area contributed by atoms with Gasteiger partial charge in [0.1, 0.15) is 5.82 Å². The van der Waals surface area contributed by atoms with Gasteiger partial charge >= 0.3 is 0 Å². The van der Waals surface area contributed by atoms with Crippen molar-refractivity contribution < 1.29 is 0 Å². The van der Waals surface area contributed by atoms with E-state index in [4.69, 9.17) is 0 Å². The predicted octanol–water partition coefficient (Wildman–Crippen LogP) is 2.97. The lowest BCUT2D eigenvalue weighted by atomic mass is 10.1. The fraction of sp³-hybridized carbons (Fsp3) is 0.706. The number of piperidine rings is 1. The molecule has 2 fully saturated rings. The molecule has 2 saturated heterocycles. The minimum Gasteiger partial charge on any atom is -0.370 e. The fourth-order valence-corrected chi connectivity index (χ4v) is 3.52. The molecule has 3 rings (SSSR count). The maximum Gasteiger partial charge on any atom is 0.127 e. The largest absolute Gasteiger partial charge is 0.370 e. The summed E-state index contributed by atoms with van der Waals surface area (Å²) in [6.45, 7) is 8.14. The average molecular weight is 288 g/mol. The number of anilines is 2. The van der Waals surface area contributed by atoms with Crippen molar-refractivity contribution in [2.45, 2.75) is 45.1 Å². The molecule has 116 valence electrons. The van der Waals surface area contributed by atoms with Gasteiger partial charge in [-0.1, -0.05) is 13.3 Å². The quantitative estimate of drug-likeness (QED) is 0.902. The molecule has 2 aliphatic heterocycles. The molecule has 0 aliphatic carbocycles. The Bertz CT molecular complexity index is 442. The van der Waals surface area contributed by atoms with Crippen LogP contribution in [0.2, 0.25) is 0 Å². The number of nitrogens with zero attached hydrogens (tertiary/aromatic N) is 3. The van der Waals surface area contributed by atoms with E-state index in [0.29, 0.717) is 0 Å². The van der Waals surface area contributed by atoms with Crippen LogP contribution in [0.25, 0.3) is 0 Å². The van der Waals surface area contributed by atoms with Crippen molar-refractivity contribution in [3.8, 4) is 0 Å². The zero-order valence-electron chi connectivity index (χ0n) is 13.2. The Morgan fingerprint density at radius 1 is 1.24 bits per heavy atom. The molecule has 1 aromatic heterocycles. The molecular weight excluding hydrogens is 260 g/mol. The van der Waals surface area contributed by atoms with E-state index in [2.05, 4.69) is 39.2 Å². The van der Waals surface area contributed by atoms with Crippen molar-refractivity contribution in [3.05, 3.63) is 18.3 Å². The Labute approximate surface area is 128 Å². The predicted molar refractivity (Wildman–Crippen MR) is 89.1 cm³/mol. The van der Waals surface area contributed by atoms with Crippen molar-refractivity contribution >= 4 is 11.5 Å². The van der Waals surface area contributed by atoms with Crippen LogP contribution >= 0.6 is 0 Å². The molecule has 3 heterocycles. The van der Waals surface area contributed by atoms with Crippen LogP contribution in [0.15, 0.2) is 18.3 Å². The smallest absolute Gasteiger partial charge is 0.127 e. The topological polar surface area (TPSA) is 31.4 Å². The van der Waals surface area contributed by atoms with Gasteiger partial charge in [-0.2, -0.15) is 0 Å². The van der Waals surface area contributed by atoms with Gasteiger partial charge in [-0.05, 0) is 44.8 Å². The Hall–Kier alpha value is -1.29. The first-order valence-electron chi connectivity index (χ1n) is 8.56. The molecular formula is C17H28N4. The molecule has 1 unspecified atom stereocenters. The molecule has 1 aromatic rings. The van der Waals surface area contributed by atoms with Crippen molar-refractivity contribution in [2.75, 3.05) is 42.9 Å². The number of nitrogens with one attached hydrogen (secondary N) is 1. The lowest BCUT2D eigenvalue weighted by Gasteiger charge is -2.32. The van der Waals surface area contributed by atoms with Gasteiger partial charge in [0.2, 0.25) is 0 Å². The monoisotopic (exact) mass is 288 g/mol. The summed E-state index contributed by atoms with van der Waals surface area (Å²) in [4.78, 5) is 9.64. The fourth-order valence-electron chi connectivity index (χ4n) is 3.52. The average Bonchev–Trinajstić information content (AvgIpc) is 3.04. The van der Waals surface area contributed by atoms with E-state index < -0.39 is 0 Å². The summed E-state index contributed by atoms with van der Waals surface area (Å²) in [6.07, 6.45) is 8.56. The molecule has 4 nitrogen and oxygen atoms in total. The molecule has 1 atom stereocenters. The molecule has 4 heteroatoms. The molecule has 0 bridgehead atoms. The molecule has 0 amide bonds. The highest BCUT2D eigenvalue weighted by molar-refractivity contribution is 5.54. The maximum atomic E-state index is 4.41. The third kappa shape index (κ3) is 3.67. The highest BCUT2D eigenvalue weighted by Crippen LogP contribution is 2.26. The Kier molecular flexibility index (Phi) is 4.96. The van der Waals surface area contributed by atoms with Crippen LogP contribution in [0.5, 0.6) is 0 Å². The minimum absolute atomic E-state index is 0.755. The van der Waals surface area contributed by atoms with Crippen LogP contribution < -0.4 is 10.2 Å². The first-order valence-corrected chi connectivity index (χ1v) is 8.56. The number of hydrogen-bond acceptors (Lipinski definition) is 4. The van der Waals surface area contributed by atoms with E-state index >= 15 is 0 Å². The molecule has 21 heavy (non-hydrogen) atoms. The number of aromatic nitrogens is 1. The van der Waals surface area contributed by atoms with Gasteiger partial charge in [0, 0.05) is 43.6 Å². The summed E-state index contributed by atoms with van der Waals surface area (Å²) in [5.41, 5.74) is 1.32. The first-order chi connectivity index (χ1) is 10.4. The van der Waals surface area contributed by atoms with Gasteiger partial charge in [-0.15, -0.1) is 0 Å². The third-order valence-corrected chi connectivity index (χ3v) is 4.74. The molecule has 1 N–H and O–H groups in total. The number of likely N-dealkylation sites (tertiary alicyclic amines) is 1. The van der Waals surface area contributed by atoms with Gasteiger partial charge in [0.15, 0.2) is 0 Å². The standard InChI is InChI=1S/C17H28N4/c1-2-8-18-17-13-15(6-9-19-17)21-12-7-16(14-21)20-10-4-3-5-11-20/h6,9,13,16H,2-5,7-8,10-12,14H2,1H3,(H,18,19). The van der Waals surface area contributed by atoms with Crippen molar-refractivity contribution in [3.63, 3.8) is 0 Å². The summed E-state index contributed by atoms with van der Waals surface area (Å²) in [6, 6.07) is 5.11. The second-order valence-corrected chi connectivity index (χ2v) is 6.31. The normalized spacial score (nSPS) is 23.5. The van der Waals surface area contributed by atoms with Gasteiger partial charge in [-0.3, -0.25) is 4.90 Å². The minimum atomic E-state index is 0.755. The first kappa shape index (κ1) is 14.6. The number of rotatable bonds is 5. The van der Waals surface area contributed by atoms with E-state index in [0.717, 1.165) is 24.8 Å². The Morgan fingerprint density at radius 2 is 2.10 bits per heavy atom. The van der Waals surface area contributed by atoms with Gasteiger partial charge in [0.05, 0.1) is 0 Å². The van der Waals surface area contributed by atoms with Gasteiger partial charge < -0.3 is 10.2 Å².